The Kier molecular flexibility index (Phi) is 6.64. The number of nitrogens with zero attached hydrogens (tertiary/aromatic N) is 4. The van der Waals surface area contributed by atoms with Crippen molar-refractivity contribution in [1.82, 2.24) is 14.8 Å². The molecule has 0 radical (unpaired) electrons. The smallest absolute Gasteiger partial charge is 0.164 e. The van der Waals surface area contributed by atoms with E-state index in [0.717, 1.165) is 57.4 Å². The molecular weight excluding hydrogens is 527 g/mol. The second kappa shape index (κ2) is 8.42. The molecule has 1 aliphatic heterocycles. The van der Waals surface area contributed by atoms with Gasteiger partial charge in [0.25, 0.3) is 0 Å². The van der Waals surface area contributed by atoms with E-state index in [1.54, 1.807) is 0 Å². The molecule has 2 aromatic rings. The molecule has 0 saturated carbocycles. The van der Waals surface area contributed by atoms with Gasteiger partial charge in [-0.2, -0.15) is 5.10 Å². The molecule has 0 bridgehead atoms. The van der Waals surface area contributed by atoms with Gasteiger partial charge in [-0.15, -0.1) is 0 Å². The molecule has 0 aromatic carbocycles. The van der Waals surface area contributed by atoms with Gasteiger partial charge >= 0.3 is 0 Å². The van der Waals surface area contributed by atoms with Gasteiger partial charge in [-0.1, -0.05) is 19.6 Å². The maximum atomic E-state index is 5.90. The molecule has 1 fully saturated rings. The Morgan fingerprint density at radius 2 is 2.19 bits per heavy atom. The van der Waals surface area contributed by atoms with E-state index in [-0.39, 0.29) is 0 Å². The predicted octanol–water partition coefficient (Wildman–Crippen LogP) is 4.34. The van der Waals surface area contributed by atoms with E-state index in [1.165, 1.54) is 0 Å². The highest BCUT2D eigenvalue weighted by molar-refractivity contribution is 14.1. The van der Waals surface area contributed by atoms with Crippen LogP contribution < -0.4 is 4.90 Å². The summed E-state index contributed by atoms with van der Waals surface area (Å²) in [5, 5.41) is 5.64. The first-order valence-corrected chi connectivity index (χ1v) is 14.5. The third-order valence-corrected chi connectivity index (χ3v) is 7.58. The van der Waals surface area contributed by atoms with Crippen molar-refractivity contribution in [2.45, 2.75) is 45.4 Å². The van der Waals surface area contributed by atoms with Crippen molar-refractivity contribution in [3.05, 3.63) is 14.2 Å². The molecule has 3 rings (SSSR count). The van der Waals surface area contributed by atoms with E-state index >= 15 is 0 Å². The minimum Gasteiger partial charge on any atom is -0.377 e. The van der Waals surface area contributed by atoms with Gasteiger partial charge in [0, 0.05) is 24.8 Å². The summed E-state index contributed by atoms with van der Waals surface area (Å²) in [6, 6.07) is 3.60. The number of halogens is 2. The summed E-state index contributed by atoms with van der Waals surface area (Å²) in [7, 11) is -1.09. The summed E-state index contributed by atoms with van der Waals surface area (Å²) >= 11 is 5.95. The van der Waals surface area contributed by atoms with Crippen LogP contribution in [0, 0.1) is 3.57 Å². The van der Waals surface area contributed by atoms with Crippen LogP contribution in [0.4, 0.5) is 5.82 Å². The fourth-order valence-electron chi connectivity index (χ4n) is 2.90. The maximum absolute atomic E-state index is 5.90. The fourth-order valence-corrected chi connectivity index (χ4v) is 5.39. The first-order chi connectivity index (χ1) is 12.3. The molecule has 9 heteroatoms. The van der Waals surface area contributed by atoms with E-state index in [1.807, 2.05) is 4.68 Å². The highest BCUT2D eigenvalue weighted by atomic mass is 127. The number of hydrogen-bond acceptors (Lipinski definition) is 5. The Hall–Kier alpha value is -0.233. The number of hydrogen-bond donors (Lipinski definition) is 0. The van der Waals surface area contributed by atoms with Crippen LogP contribution in [0.1, 0.15) is 6.92 Å². The van der Waals surface area contributed by atoms with Crippen molar-refractivity contribution in [2.24, 2.45) is 0 Å². The van der Waals surface area contributed by atoms with Gasteiger partial charge < -0.3 is 14.4 Å². The lowest BCUT2D eigenvalue weighted by molar-refractivity contribution is 0.0810. The molecular formula is C17H26BrIN4O2Si. The molecule has 6 nitrogen and oxygen atoms in total. The van der Waals surface area contributed by atoms with Gasteiger partial charge in [0.1, 0.15) is 17.2 Å². The van der Waals surface area contributed by atoms with Crippen molar-refractivity contribution in [3.8, 4) is 0 Å². The van der Waals surface area contributed by atoms with Crippen LogP contribution in [0.25, 0.3) is 11.0 Å². The van der Waals surface area contributed by atoms with Crippen molar-refractivity contribution in [1.29, 1.82) is 0 Å². The molecule has 3 heterocycles. The van der Waals surface area contributed by atoms with Gasteiger partial charge in [-0.25, -0.2) is 9.67 Å². The van der Waals surface area contributed by atoms with E-state index < -0.39 is 8.07 Å². The molecule has 0 amide bonds. The SMILES string of the molecule is C[C@@H]1COCCN1c1cc(I)c2c(Br)nn(COCC[Si](C)(C)C)c2n1. The summed E-state index contributed by atoms with van der Waals surface area (Å²) in [6.07, 6.45) is 0. The molecule has 1 aliphatic rings. The number of anilines is 1. The van der Waals surface area contributed by atoms with Gasteiger partial charge in [0.15, 0.2) is 5.65 Å². The van der Waals surface area contributed by atoms with Crippen LogP contribution in [-0.2, 0) is 16.2 Å². The third-order valence-electron chi connectivity index (χ3n) is 4.47. The highest BCUT2D eigenvalue weighted by Gasteiger charge is 2.23. The van der Waals surface area contributed by atoms with E-state index in [4.69, 9.17) is 14.5 Å². The largest absolute Gasteiger partial charge is 0.377 e. The summed E-state index contributed by atoms with van der Waals surface area (Å²) < 4.78 is 15.3. The van der Waals surface area contributed by atoms with Gasteiger partial charge in [0.05, 0.1) is 24.6 Å². The molecule has 0 unspecified atom stereocenters. The van der Waals surface area contributed by atoms with E-state index in [2.05, 4.69) is 81.2 Å². The molecule has 1 atom stereocenters. The minimum absolute atomic E-state index is 0.317. The minimum atomic E-state index is -1.09. The van der Waals surface area contributed by atoms with Crippen molar-refractivity contribution >= 4 is 63.4 Å². The quantitative estimate of drug-likeness (QED) is 0.303. The first-order valence-electron chi connectivity index (χ1n) is 8.91. The molecule has 2 aromatic heterocycles. The number of ether oxygens (including phenoxy) is 2. The Labute approximate surface area is 177 Å². The summed E-state index contributed by atoms with van der Waals surface area (Å²) in [5.41, 5.74) is 0.866. The number of pyridine rings is 1. The van der Waals surface area contributed by atoms with Crippen LogP contribution in [0.2, 0.25) is 25.7 Å². The van der Waals surface area contributed by atoms with Crippen LogP contribution in [-0.4, -0.2) is 55.2 Å². The Bertz CT molecular complexity index is 780. The predicted molar refractivity (Wildman–Crippen MR) is 120 cm³/mol. The van der Waals surface area contributed by atoms with Crippen molar-refractivity contribution in [3.63, 3.8) is 0 Å². The average Bonchev–Trinajstić information content (AvgIpc) is 2.87. The lowest BCUT2D eigenvalue weighted by Crippen LogP contribution is -2.44. The third kappa shape index (κ3) is 4.78. The van der Waals surface area contributed by atoms with Crippen LogP contribution >= 0.6 is 38.5 Å². The number of rotatable bonds is 6. The van der Waals surface area contributed by atoms with Crippen molar-refractivity contribution < 1.29 is 9.47 Å². The first kappa shape index (κ1) is 20.5. The zero-order chi connectivity index (χ0) is 18.9. The maximum Gasteiger partial charge on any atom is 0.164 e. The normalized spacial score (nSPS) is 18.7. The lowest BCUT2D eigenvalue weighted by atomic mass is 10.2. The average molecular weight is 553 g/mol. The second-order valence-corrected chi connectivity index (χ2v) is 15.5. The topological polar surface area (TPSA) is 52.4 Å². The zero-order valence-corrected chi connectivity index (χ0v) is 20.5. The second-order valence-electron chi connectivity index (χ2n) is 7.92. The number of morpholine rings is 1. The monoisotopic (exact) mass is 552 g/mol. The Morgan fingerprint density at radius 1 is 1.42 bits per heavy atom. The zero-order valence-electron chi connectivity index (χ0n) is 15.8. The summed E-state index contributed by atoms with van der Waals surface area (Å²) in [6.45, 7) is 12.8. The molecule has 0 aliphatic carbocycles. The molecule has 1 saturated heterocycles. The lowest BCUT2D eigenvalue weighted by Gasteiger charge is -2.34. The van der Waals surface area contributed by atoms with Gasteiger partial charge in [-0.05, 0) is 57.6 Å². The molecule has 144 valence electrons. The van der Waals surface area contributed by atoms with Gasteiger partial charge in [-0.3, -0.25) is 0 Å². The molecule has 0 spiro atoms. The Morgan fingerprint density at radius 3 is 2.88 bits per heavy atom. The highest BCUT2D eigenvalue weighted by Crippen LogP contribution is 2.31. The van der Waals surface area contributed by atoms with Gasteiger partial charge in [0.2, 0.25) is 0 Å². The van der Waals surface area contributed by atoms with E-state index in [0.29, 0.717) is 12.8 Å². The number of aromatic nitrogens is 3. The molecule has 26 heavy (non-hydrogen) atoms. The molecule has 0 N–H and O–H groups in total. The van der Waals surface area contributed by atoms with Crippen LogP contribution in [0.15, 0.2) is 10.7 Å². The van der Waals surface area contributed by atoms with Crippen LogP contribution in [0.5, 0.6) is 0 Å². The fraction of sp³-hybridized carbons (Fsp3) is 0.647. The standard InChI is InChI=1S/C17H26BrIN4O2Si/c1-12-10-24-6-5-22(12)14-9-13(19)15-16(18)21-23(17(15)20-14)11-25-7-8-26(2,3)4/h9,12H,5-8,10-11H2,1-4H3/t12-/m1/s1. The number of fused-ring (bicyclic) bond motifs is 1. The summed E-state index contributed by atoms with van der Waals surface area (Å²) in [5.74, 6) is 0.980. The van der Waals surface area contributed by atoms with Crippen LogP contribution in [0.3, 0.4) is 0 Å². The summed E-state index contributed by atoms with van der Waals surface area (Å²) in [4.78, 5) is 7.23. The van der Waals surface area contributed by atoms with E-state index in [9.17, 15) is 0 Å². The van der Waals surface area contributed by atoms with Crippen molar-refractivity contribution in [2.75, 3.05) is 31.3 Å². The Balaban J connectivity index is 1.85.